The summed E-state index contributed by atoms with van der Waals surface area (Å²) in [6.07, 6.45) is 4.52. The molecule has 0 saturated carbocycles. The zero-order valence-electron chi connectivity index (χ0n) is 28.0. The van der Waals surface area contributed by atoms with Crippen LogP contribution < -0.4 is 17.1 Å². The quantitative estimate of drug-likeness (QED) is 0.116. The lowest BCUT2D eigenvalue weighted by Crippen LogP contribution is -2.52. The van der Waals surface area contributed by atoms with E-state index in [2.05, 4.69) is 15.0 Å². The Morgan fingerprint density at radius 2 is 0.481 bits per heavy atom. The van der Waals surface area contributed by atoms with Gasteiger partial charge < -0.3 is 0 Å². The molecule has 0 radical (unpaired) electrons. The largest absolute Gasteiger partial charge is 0.345 e. The van der Waals surface area contributed by atoms with Crippen LogP contribution in [0.2, 0.25) is 0 Å². The van der Waals surface area contributed by atoms with Gasteiger partial charge in [0.25, 0.3) is 0 Å². The average molecular weight is 709 g/mol. The fourth-order valence-electron chi connectivity index (χ4n) is 5.96. The number of aliphatic imine (C=N–C) groups is 3. The van der Waals surface area contributed by atoms with Gasteiger partial charge in [0.05, 0.1) is 34.1 Å². The summed E-state index contributed by atoms with van der Waals surface area (Å²) < 4.78 is 2.81. The number of carbonyl (C=O) groups excluding carboxylic acids is 3. The maximum Gasteiger partial charge on any atom is 0.345 e. The number of benzene rings is 6. The highest BCUT2D eigenvalue weighted by molar-refractivity contribution is 5.69. The Morgan fingerprint density at radius 3 is 0.667 bits per heavy atom. The maximum absolute atomic E-state index is 14.2. The molecule has 0 bridgehead atoms. The number of rotatable bonds is 9. The summed E-state index contributed by atoms with van der Waals surface area (Å²) >= 11 is 0. The minimum absolute atomic E-state index is 0.225. The van der Waals surface area contributed by atoms with Crippen molar-refractivity contribution in [3.05, 3.63) is 177 Å². The highest BCUT2D eigenvalue weighted by Gasteiger charge is 2.20. The fourth-order valence-corrected chi connectivity index (χ4v) is 5.96. The zero-order valence-corrected chi connectivity index (χ0v) is 28.0. The molecule has 12 heteroatoms. The second kappa shape index (κ2) is 15.0. The van der Waals surface area contributed by atoms with Gasteiger partial charge in [-0.1, -0.05) is 72.8 Å². The van der Waals surface area contributed by atoms with Gasteiger partial charge >= 0.3 is 17.1 Å². The summed E-state index contributed by atoms with van der Waals surface area (Å²) in [6.45, 7) is 0. The van der Waals surface area contributed by atoms with Crippen LogP contribution in [-0.4, -0.2) is 31.9 Å². The molecule has 0 spiro atoms. The highest BCUT2D eigenvalue weighted by Crippen LogP contribution is 2.26. The summed E-state index contributed by atoms with van der Waals surface area (Å²) in [5.41, 5.74) is 4.13. The van der Waals surface area contributed by atoms with E-state index in [0.717, 1.165) is 47.1 Å². The van der Waals surface area contributed by atoms with E-state index in [0.29, 0.717) is 17.1 Å². The minimum atomic E-state index is -0.872. The van der Waals surface area contributed by atoms with Crippen LogP contribution in [0.25, 0.3) is 50.4 Å². The van der Waals surface area contributed by atoms with Crippen LogP contribution >= 0.6 is 0 Å². The van der Waals surface area contributed by atoms with Gasteiger partial charge in [0.2, 0.25) is 18.2 Å². The topological polar surface area (TPSA) is 154 Å². The third-order valence-corrected chi connectivity index (χ3v) is 8.65. The first-order valence-electron chi connectivity index (χ1n) is 16.3. The molecule has 6 aromatic carbocycles. The number of hydrogen-bond acceptors (Lipinski definition) is 9. The lowest BCUT2D eigenvalue weighted by atomic mass is 10.0. The number of nitrogens with zero attached hydrogens (tertiary/aromatic N) is 6. The molecule has 0 aliphatic rings. The SMILES string of the molecule is O=C=Nc1ccc(-c2ccc(-n3c(=O)n(-c4ccc(-c5ccc(N=C=O)cc5)cc4)c(=O)n(-c4ccc(-c5ccc(N=C=O)cc5)cc4)c3=O)cc2)cc1. The van der Waals surface area contributed by atoms with Gasteiger partial charge in [-0.15, -0.1) is 0 Å². The van der Waals surface area contributed by atoms with E-state index >= 15 is 0 Å². The molecular weight excluding hydrogens is 684 g/mol. The summed E-state index contributed by atoms with van der Waals surface area (Å²) in [6, 6.07) is 40.7. The molecule has 0 fully saturated rings. The van der Waals surface area contributed by atoms with E-state index in [1.165, 1.54) is 18.2 Å². The fraction of sp³-hybridized carbons (Fsp3) is 0. The summed E-state index contributed by atoms with van der Waals surface area (Å²) in [4.78, 5) is 85.3. The molecule has 7 aromatic rings. The molecule has 0 aliphatic heterocycles. The van der Waals surface area contributed by atoms with Crippen LogP contribution in [0.3, 0.4) is 0 Å². The first kappa shape index (κ1) is 34.3. The normalized spacial score (nSPS) is 10.4. The van der Waals surface area contributed by atoms with Crippen molar-refractivity contribution < 1.29 is 14.4 Å². The predicted octanol–water partition coefficient (Wildman–Crippen LogP) is 7.04. The molecular formula is C42H24N6O6. The van der Waals surface area contributed by atoms with Gasteiger partial charge in [0.15, 0.2) is 0 Å². The molecule has 0 aliphatic carbocycles. The van der Waals surface area contributed by atoms with Crippen molar-refractivity contribution in [3.8, 4) is 50.4 Å². The van der Waals surface area contributed by atoms with Crippen molar-refractivity contribution in [1.82, 2.24) is 13.7 Å². The van der Waals surface area contributed by atoms with Crippen molar-refractivity contribution in [2.75, 3.05) is 0 Å². The number of aromatic nitrogens is 3. The molecule has 54 heavy (non-hydrogen) atoms. The lowest BCUT2D eigenvalue weighted by Gasteiger charge is -2.15. The Bertz CT molecular complexity index is 2490. The maximum atomic E-state index is 14.2. The summed E-state index contributed by atoms with van der Waals surface area (Å²) in [5, 5.41) is 0. The van der Waals surface area contributed by atoms with Gasteiger partial charge in [-0.2, -0.15) is 15.0 Å². The molecule has 12 nitrogen and oxygen atoms in total. The molecule has 0 atom stereocenters. The van der Waals surface area contributed by atoms with E-state index in [1.54, 1.807) is 146 Å². The van der Waals surface area contributed by atoms with E-state index in [1.807, 2.05) is 0 Å². The van der Waals surface area contributed by atoms with Crippen LogP contribution in [0.4, 0.5) is 17.1 Å². The Morgan fingerprint density at radius 1 is 0.296 bits per heavy atom. The van der Waals surface area contributed by atoms with Crippen LogP contribution in [0, 0.1) is 0 Å². The van der Waals surface area contributed by atoms with Gasteiger partial charge in [-0.05, 0) is 106 Å². The predicted molar refractivity (Wildman–Crippen MR) is 203 cm³/mol. The summed E-state index contributed by atoms with van der Waals surface area (Å²) in [5.74, 6) is 0. The molecule has 7 rings (SSSR count). The minimum Gasteiger partial charge on any atom is -0.246 e. The van der Waals surface area contributed by atoms with Crippen LogP contribution in [0.5, 0.6) is 0 Å². The molecule has 0 saturated heterocycles. The van der Waals surface area contributed by atoms with Crippen molar-refractivity contribution in [2.45, 2.75) is 0 Å². The summed E-state index contributed by atoms with van der Waals surface area (Å²) in [7, 11) is 0. The Kier molecular flexibility index (Phi) is 9.54. The van der Waals surface area contributed by atoms with Crippen molar-refractivity contribution in [3.63, 3.8) is 0 Å². The van der Waals surface area contributed by atoms with E-state index in [9.17, 15) is 28.8 Å². The third kappa shape index (κ3) is 6.80. The standard InChI is InChI=1S/C42H24N6O6/c49-25-43-34-13-1-28(2-14-34)31-7-19-37(20-8-31)46-40(52)47(38-21-9-32(10-22-38)29-3-15-35(16-4-29)44-26-50)42(54)48(41(46)53)39-23-11-33(12-24-39)30-5-17-36(18-6-30)45-27-51/h1-24H. The van der Waals surface area contributed by atoms with Crippen molar-refractivity contribution in [2.24, 2.45) is 15.0 Å². The number of isocyanates is 3. The van der Waals surface area contributed by atoms with Crippen LogP contribution in [-0.2, 0) is 14.4 Å². The average Bonchev–Trinajstić information content (AvgIpc) is 3.20. The second-order valence-corrected chi connectivity index (χ2v) is 11.7. The lowest BCUT2D eigenvalue weighted by molar-refractivity contribution is 0.564. The molecule has 258 valence electrons. The van der Waals surface area contributed by atoms with Crippen molar-refractivity contribution >= 4 is 35.3 Å². The Balaban J connectivity index is 1.34. The van der Waals surface area contributed by atoms with Crippen LogP contribution in [0.15, 0.2) is 175 Å². The molecule has 1 aromatic heterocycles. The molecule has 1 heterocycles. The molecule has 0 unspecified atom stereocenters. The Labute approximate surface area is 305 Å². The highest BCUT2D eigenvalue weighted by atomic mass is 16.2. The Hall–Kier alpha value is -8.13. The first-order valence-corrected chi connectivity index (χ1v) is 16.3. The van der Waals surface area contributed by atoms with Gasteiger partial charge in [-0.3, -0.25) is 0 Å². The smallest absolute Gasteiger partial charge is 0.246 e. The van der Waals surface area contributed by atoms with Gasteiger partial charge in [0, 0.05) is 0 Å². The van der Waals surface area contributed by atoms with E-state index in [-0.39, 0.29) is 17.1 Å². The zero-order chi connectivity index (χ0) is 37.6. The number of hydrogen-bond donors (Lipinski definition) is 0. The van der Waals surface area contributed by atoms with E-state index < -0.39 is 17.1 Å². The molecule has 0 N–H and O–H groups in total. The van der Waals surface area contributed by atoms with Gasteiger partial charge in [0.1, 0.15) is 0 Å². The second-order valence-electron chi connectivity index (χ2n) is 11.7. The van der Waals surface area contributed by atoms with E-state index in [4.69, 9.17) is 0 Å². The van der Waals surface area contributed by atoms with Crippen LogP contribution in [0.1, 0.15) is 0 Å². The third-order valence-electron chi connectivity index (χ3n) is 8.65. The molecule has 0 amide bonds. The van der Waals surface area contributed by atoms with Crippen molar-refractivity contribution in [1.29, 1.82) is 0 Å². The monoisotopic (exact) mass is 708 g/mol. The van der Waals surface area contributed by atoms with Gasteiger partial charge in [-0.25, -0.2) is 42.5 Å². The first-order chi connectivity index (χ1) is 26.4.